The number of hydrogen-bond donors (Lipinski definition) is 0. The first-order valence-electron chi connectivity index (χ1n) is 9.84. The molecule has 0 saturated carbocycles. The molecule has 136 valence electrons. The topological polar surface area (TPSA) is 17.1 Å². The molecule has 1 nitrogen and oxygen atoms in total. The largest absolute Gasteiger partial charge is 0.299 e. The van der Waals surface area contributed by atoms with Gasteiger partial charge in [0.1, 0.15) is 6.29 Å². The zero-order valence-corrected chi connectivity index (χ0v) is 16.5. The van der Waals surface area contributed by atoms with Gasteiger partial charge in [-0.15, -0.1) is 0 Å². The number of carbonyl (C=O) groups is 1. The molecule has 0 radical (unpaired) electrons. The highest BCUT2D eigenvalue weighted by Crippen LogP contribution is 2.40. The summed E-state index contributed by atoms with van der Waals surface area (Å²) >= 11 is 0. The van der Waals surface area contributed by atoms with Crippen LogP contribution in [0.1, 0.15) is 79.1 Å². The number of rotatable bonds is 3. The predicted molar refractivity (Wildman–Crippen MR) is 109 cm³/mol. The van der Waals surface area contributed by atoms with Gasteiger partial charge in [0.05, 0.1) is 0 Å². The van der Waals surface area contributed by atoms with E-state index >= 15 is 0 Å². The number of allylic oxidation sites excluding steroid dienone is 10. The van der Waals surface area contributed by atoms with E-state index in [0.29, 0.717) is 0 Å². The van der Waals surface area contributed by atoms with Crippen molar-refractivity contribution in [2.75, 3.05) is 0 Å². The summed E-state index contributed by atoms with van der Waals surface area (Å²) in [6, 6.07) is 0. The second kappa shape index (κ2) is 9.17. The minimum Gasteiger partial charge on any atom is -0.299 e. The van der Waals surface area contributed by atoms with Gasteiger partial charge in [0.25, 0.3) is 0 Å². The number of carbonyl (C=O) groups excluding carboxylic acids is 1. The van der Waals surface area contributed by atoms with Crippen LogP contribution in [0, 0.1) is 5.41 Å². The fourth-order valence-corrected chi connectivity index (χ4v) is 4.08. The molecule has 0 aliphatic heterocycles. The molecular formula is C24H34O. The Bertz CT molecular complexity index is 635. The summed E-state index contributed by atoms with van der Waals surface area (Å²) in [5.74, 6) is 0. The lowest BCUT2D eigenvalue weighted by atomic mass is 9.72. The predicted octanol–water partition coefficient (Wildman–Crippen LogP) is 7.03. The minimum absolute atomic E-state index is 0.290. The van der Waals surface area contributed by atoms with Gasteiger partial charge in [0.15, 0.2) is 0 Å². The maximum atomic E-state index is 10.8. The molecule has 2 aliphatic rings. The lowest BCUT2D eigenvalue weighted by molar-refractivity contribution is -0.104. The van der Waals surface area contributed by atoms with Crippen LogP contribution in [0.4, 0.5) is 0 Å². The smallest absolute Gasteiger partial charge is 0.143 e. The number of hydrogen-bond acceptors (Lipinski definition) is 1. The van der Waals surface area contributed by atoms with Gasteiger partial charge in [-0.25, -0.2) is 0 Å². The molecule has 0 N–H and O–H groups in total. The van der Waals surface area contributed by atoms with E-state index in [1.807, 2.05) is 0 Å². The molecule has 0 bridgehead atoms. The third-order valence-corrected chi connectivity index (χ3v) is 5.74. The Hall–Kier alpha value is -1.63. The molecule has 0 spiro atoms. The van der Waals surface area contributed by atoms with Crippen LogP contribution in [0.3, 0.4) is 0 Å². The summed E-state index contributed by atoms with van der Waals surface area (Å²) in [6.07, 6.45) is 21.3. The van der Waals surface area contributed by atoms with Crippen molar-refractivity contribution in [1.29, 1.82) is 0 Å². The van der Waals surface area contributed by atoms with E-state index in [1.165, 1.54) is 55.2 Å². The average molecular weight is 339 g/mol. The Morgan fingerprint density at radius 1 is 1.04 bits per heavy atom. The molecule has 2 aliphatic carbocycles. The van der Waals surface area contributed by atoms with Gasteiger partial charge in [-0.05, 0) is 92.6 Å². The van der Waals surface area contributed by atoms with Crippen LogP contribution in [0.15, 0.2) is 58.2 Å². The molecule has 0 aromatic heterocycles. The van der Waals surface area contributed by atoms with E-state index in [-0.39, 0.29) is 5.41 Å². The van der Waals surface area contributed by atoms with Crippen molar-refractivity contribution in [3.63, 3.8) is 0 Å². The maximum absolute atomic E-state index is 10.8. The van der Waals surface area contributed by atoms with Crippen LogP contribution >= 0.6 is 0 Å². The van der Waals surface area contributed by atoms with Crippen molar-refractivity contribution in [3.8, 4) is 0 Å². The first-order valence-corrected chi connectivity index (χ1v) is 9.84. The van der Waals surface area contributed by atoms with E-state index in [2.05, 4.69) is 52.0 Å². The van der Waals surface area contributed by atoms with Gasteiger partial charge in [0, 0.05) is 0 Å². The normalized spacial score (nSPS) is 27.0. The third kappa shape index (κ3) is 5.70. The van der Waals surface area contributed by atoms with Gasteiger partial charge in [-0.1, -0.05) is 50.1 Å². The molecule has 0 aromatic carbocycles. The van der Waals surface area contributed by atoms with Gasteiger partial charge < -0.3 is 0 Å². The van der Waals surface area contributed by atoms with Crippen LogP contribution < -0.4 is 0 Å². The lowest BCUT2D eigenvalue weighted by Gasteiger charge is -2.33. The molecule has 0 atom stereocenters. The molecule has 2 rings (SSSR count). The lowest BCUT2D eigenvalue weighted by Crippen LogP contribution is -2.19. The Kier molecular flexibility index (Phi) is 7.23. The Morgan fingerprint density at radius 2 is 1.80 bits per heavy atom. The van der Waals surface area contributed by atoms with E-state index in [0.717, 1.165) is 24.7 Å². The zero-order valence-electron chi connectivity index (χ0n) is 16.5. The fourth-order valence-electron chi connectivity index (χ4n) is 4.08. The molecule has 1 heteroatoms. The van der Waals surface area contributed by atoms with Crippen LogP contribution in [-0.4, -0.2) is 6.29 Å². The first kappa shape index (κ1) is 19.7. The highest BCUT2D eigenvalue weighted by molar-refractivity contribution is 5.67. The molecule has 0 aromatic rings. The van der Waals surface area contributed by atoms with Crippen molar-refractivity contribution in [2.45, 2.75) is 79.1 Å². The van der Waals surface area contributed by atoms with Crippen molar-refractivity contribution < 1.29 is 4.79 Å². The summed E-state index contributed by atoms with van der Waals surface area (Å²) < 4.78 is 0. The molecule has 0 heterocycles. The van der Waals surface area contributed by atoms with Crippen molar-refractivity contribution in [3.05, 3.63) is 58.2 Å². The quantitative estimate of drug-likeness (QED) is 0.399. The summed E-state index contributed by atoms with van der Waals surface area (Å²) in [7, 11) is 0. The third-order valence-electron chi connectivity index (χ3n) is 5.74. The van der Waals surface area contributed by atoms with E-state index in [1.54, 1.807) is 11.6 Å². The van der Waals surface area contributed by atoms with Crippen LogP contribution in [0.2, 0.25) is 0 Å². The zero-order chi connectivity index (χ0) is 18.3. The Balaban J connectivity index is 2.27. The second-order valence-electron chi connectivity index (χ2n) is 8.24. The number of aldehydes is 1. The van der Waals surface area contributed by atoms with Crippen LogP contribution in [0.5, 0.6) is 0 Å². The van der Waals surface area contributed by atoms with E-state index < -0.39 is 0 Å². The minimum atomic E-state index is 0.290. The highest BCUT2D eigenvalue weighted by Gasteiger charge is 2.26. The van der Waals surface area contributed by atoms with Crippen molar-refractivity contribution in [2.24, 2.45) is 5.41 Å². The maximum Gasteiger partial charge on any atom is 0.143 e. The summed E-state index contributed by atoms with van der Waals surface area (Å²) in [5, 5.41) is 0. The van der Waals surface area contributed by atoms with Gasteiger partial charge in [-0.2, -0.15) is 0 Å². The average Bonchev–Trinajstić information content (AvgIpc) is 2.66. The molecule has 0 unspecified atom stereocenters. The van der Waals surface area contributed by atoms with Crippen LogP contribution in [0.25, 0.3) is 0 Å². The van der Waals surface area contributed by atoms with Gasteiger partial charge in [-0.3, -0.25) is 4.79 Å². The van der Waals surface area contributed by atoms with Crippen LogP contribution in [-0.2, 0) is 4.79 Å². The molecule has 0 amide bonds. The summed E-state index contributed by atoms with van der Waals surface area (Å²) in [5.41, 5.74) is 7.27. The Morgan fingerprint density at radius 3 is 2.52 bits per heavy atom. The molecule has 0 fully saturated rings. The molecular weight excluding hydrogens is 304 g/mol. The molecule has 0 saturated heterocycles. The fraction of sp³-hybridized carbons (Fsp3) is 0.542. The van der Waals surface area contributed by atoms with E-state index in [9.17, 15) is 4.79 Å². The first-order chi connectivity index (χ1) is 11.9. The summed E-state index contributed by atoms with van der Waals surface area (Å²) in [6.45, 7) is 9.25. The SMILES string of the molecule is CC1=C(/C=C/C(C)=C2/C=C\C(=C\C=O)CCCCC2)C(C)(C)CCC1. The van der Waals surface area contributed by atoms with E-state index in [4.69, 9.17) is 0 Å². The monoisotopic (exact) mass is 338 g/mol. The van der Waals surface area contributed by atoms with Crippen molar-refractivity contribution in [1.82, 2.24) is 0 Å². The standard InChI is InChI=1S/C24H34O/c1-19(12-15-23-20(2)9-8-17-24(23,3)4)22-11-7-5-6-10-21(13-14-22)16-18-25/h12-16,18H,5-11,17H2,1-4H3/b14-13-,15-12+,21-16+,22-19+. The summed E-state index contributed by atoms with van der Waals surface area (Å²) in [4.78, 5) is 10.8. The highest BCUT2D eigenvalue weighted by atomic mass is 16.1. The van der Waals surface area contributed by atoms with Gasteiger partial charge >= 0.3 is 0 Å². The second-order valence-corrected chi connectivity index (χ2v) is 8.24. The Labute approximate surface area is 154 Å². The van der Waals surface area contributed by atoms with Crippen molar-refractivity contribution >= 4 is 6.29 Å². The molecule has 25 heavy (non-hydrogen) atoms. The van der Waals surface area contributed by atoms with Gasteiger partial charge in [0.2, 0.25) is 0 Å².